The van der Waals surface area contributed by atoms with Crippen molar-refractivity contribution >= 4 is 11.6 Å². The van der Waals surface area contributed by atoms with Crippen molar-refractivity contribution in [2.75, 3.05) is 31.7 Å². The smallest absolute Gasteiger partial charge is 0.238 e. The zero-order valence-corrected chi connectivity index (χ0v) is 12.3. The van der Waals surface area contributed by atoms with Crippen LogP contribution in [0.5, 0.6) is 11.5 Å². The zero-order valence-electron chi connectivity index (χ0n) is 12.3. The van der Waals surface area contributed by atoms with Crippen molar-refractivity contribution in [3.05, 3.63) is 18.2 Å². The van der Waals surface area contributed by atoms with Crippen LogP contribution >= 0.6 is 0 Å². The van der Waals surface area contributed by atoms with E-state index in [-0.39, 0.29) is 24.9 Å². The number of rotatable bonds is 3. The molecule has 2 atom stereocenters. The van der Waals surface area contributed by atoms with E-state index in [1.165, 1.54) is 0 Å². The Balaban J connectivity index is 1.56. The molecule has 0 aromatic heterocycles. The van der Waals surface area contributed by atoms with Gasteiger partial charge in [0.05, 0.1) is 18.8 Å². The monoisotopic (exact) mass is 292 g/mol. The average molecular weight is 292 g/mol. The van der Waals surface area contributed by atoms with Crippen LogP contribution in [0.25, 0.3) is 0 Å². The number of carbonyl (C=O) groups is 1. The second-order valence-electron chi connectivity index (χ2n) is 5.57. The first kappa shape index (κ1) is 14.2. The predicted octanol–water partition coefficient (Wildman–Crippen LogP) is 1.46. The van der Waals surface area contributed by atoms with Gasteiger partial charge in [0.15, 0.2) is 11.5 Å². The van der Waals surface area contributed by atoms with Crippen LogP contribution in [0.3, 0.4) is 0 Å². The predicted molar refractivity (Wildman–Crippen MR) is 77.6 cm³/mol. The van der Waals surface area contributed by atoms with Gasteiger partial charge in [0.1, 0.15) is 0 Å². The highest BCUT2D eigenvalue weighted by atomic mass is 16.7. The summed E-state index contributed by atoms with van der Waals surface area (Å²) in [6.07, 6.45) is 0.319. The molecule has 3 rings (SSSR count). The molecule has 0 saturated carbocycles. The highest BCUT2D eigenvalue weighted by molar-refractivity contribution is 5.92. The van der Waals surface area contributed by atoms with Crippen molar-refractivity contribution in [2.24, 2.45) is 0 Å². The number of ether oxygens (including phenoxy) is 3. The lowest BCUT2D eigenvalue weighted by Gasteiger charge is -2.34. The summed E-state index contributed by atoms with van der Waals surface area (Å²) < 4.78 is 16.2. The largest absolute Gasteiger partial charge is 0.454 e. The third kappa shape index (κ3) is 3.46. The molecular formula is C15H20N2O4. The summed E-state index contributed by atoms with van der Waals surface area (Å²) in [5.74, 6) is 1.35. The Labute approximate surface area is 124 Å². The highest BCUT2D eigenvalue weighted by Crippen LogP contribution is 2.34. The molecule has 6 heteroatoms. The number of hydrogen-bond donors (Lipinski definition) is 1. The molecule has 1 aromatic rings. The second kappa shape index (κ2) is 5.91. The Bertz CT molecular complexity index is 524. The Hall–Kier alpha value is -1.79. The molecule has 2 aliphatic heterocycles. The molecule has 0 unspecified atom stereocenters. The maximum atomic E-state index is 12.1. The molecule has 1 N–H and O–H groups in total. The third-order valence-corrected chi connectivity index (χ3v) is 3.52. The SMILES string of the molecule is C[C@@H]1CN(CC(=O)Nc2ccc3c(c2)OCO3)C[C@@H](C)O1. The fraction of sp³-hybridized carbons (Fsp3) is 0.533. The summed E-state index contributed by atoms with van der Waals surface area (Å²) in [6.45, 7) is 6.21. The van der Waals surface area contributed by atoms with Gasteiger partial charge in [-0.05, 0) is 26.0 Å². The molecule has 21 heavy (non-hydrogen) atoms. The van der Waals surface area contributed by atoms with E-state index < -0.39 is 0 Å². The van der Waals surface area contributed by atoms with Gasteiger partial charge in [0, 0.05) is 24.8 Å². The van der Waals surface area contributed by atoms with Crippen molar-refractivity contribution in [1.82, 2.24) is 4.90 Å². The van der Waals surface area contributed by atoms with Crippen LogP contribution in [0.1, 0.15) is 13.8 Å². The third-order valence-electron chi connectivity index (χ3n) is 3.52. The van der Waals surface area contributed by atoms with Gasteiger partial charge in [0.25, 0.3) is 0 Å². The van der Waals surface area contributed by atoms with E-state index in [0.29, 0.717) is 18.0 Å². The number of fused-ring (bicyclic) bond motifs is 1. The molecule has 2 aliphatic rings. The molecule has 1 fully saturated rings. The van der Waals surface area contributed by atoms with E-state index in [1.54, 1.807) is 12.1 Å². The van der Waals surface area contributed by atoms with E-state index in [1.807, 2.05) is 19.9 Å². The Morgan fingerprint density at radius 1 is 1.24 bits per heavy atom. The van der Waals surface area contributed by atoms with Crippen LogP contribution in [0.4, 0.5) is 5.69 Å². The molecule has 114 valence electrons. The number of amides is 1. The van der Waals surface area contributed by atoms with Gasteiger partial charge in [0.2, 0.25) is 12.7 Å². The minimum atomic E-state index is -0.0323. The van der Waals surface area contributed by atoms with Crippen LogP contribution in [0, 0.1) is 0 Å². The number of anilines is 1. The molecule has 2 heterocycles. The Morgan fingerprint density at radius 2 is 1.95 bits per heavy atom. The van der Waals surface area contributed by atoms with Crippen LogP contribution in [0.15, 0.2) is 18.2 Å². The van der Waals surface area contributed by atoms with Gasteiger partial charge in [-0.1, -0.05) is 0 Å². The van der Waals surface area contributed by atoms with E-state index in [4.69, 9.17) is 14.2 Å². The van der Waals surface area contributed by atoms with Crippen molar-refractivity contribution in [2.45, 2.75) is 26.1 Å². The van der Waals surface area contributed by atoms with Crippen LogP contribution in [-0.2, 0) is 9.53 Å². The van der Waals surface area contributed by atoms with Crippen LogP contribution in [-0.4, -0.2) is 49.4 Å². The highest BCUT2D eigenvalue weighted by Gasteiger charge is 2.23. The molecule has 1 aromatic carbocycles. The van der Waals surface area contributed by atoms with Crippen molar-refractivity contribution in [1.29, 1.82) is 0 Å². The van der Waals surface area contributed by atoms with Gasteiger partial charge in [-0.3, -0.25) is 9.69 Å². The number of nitrogens with one attached hydrogen (secondary N) is 1. The standard InChI is InChI=1S/C15H20N2O4/c1-10-6-17(7-11(2)21-10)8-15(18)16-12-3-4-13-14(5-12)20-9-19-13/h3-5,10-11H,6-9H2,1-2H3,(H,16,18)/t10-,11-/m1/s1. The normalized spacial score (nSPS) is 24.9. The summed E-state index contributed by atoms with van der Waals surface area (Å²) >= 11 is 0. The van der Waals surface area contributed by atoms with Crippen molar-refractivity contribution in [3.8, 4) is 11.5 Å². The lowest BCUT2D eigenvalue weighted by Crippen LogP contribution is -2.48. The lowest BCUT2D eigenvalue weighted by atomic mass is 10.2. The van der Waals surface area contributed by atoms with E-state index in [0.717, 1.165) is 18.8 Å². The fourth-order valence-electron chi connectivity index (χ4n) is 2.79. The van der Waals surface area contributed by atoms with Gasteiger partial charge < -0.3 is 19.5 Å². The fourth-order valence-corrected chi connectivity index (χ4v) is 2.79. The summed E-state index contributed by atoms with van der Waals surface area (Å²) in [5.41, 5.74) is 0.721. The van der Waals surface area contributed by atoms with Crippen molar-refractivity contribution < 1.29 is 19.0 Å². The molecular weight excluding hydrogens is 272 g/mol. The molecule has 0 radical (unpaired) electrons. The average Bonchev–Trinajstić information content (AvgIpc) is 2.84. The first-order valence-electron chi connectivity index (χ1n) is 7.17. The quantitative estimate of drug-likeness (QED) is 0.914. The number of morpholine rings is 1. The molecule has 0 aliphatic carbocycles. The number of benzene rings is 1. The molecule has 0 spiro atoms. The van der Waals surface area contributed by atoms with Crippen LogP contribution in [0.2, 0.25) is 0 Å². The molecule has 1 amide bonds. The van der Waals surface area contributed by atoms with Gasteiger partial charge in [-0.15, -0.1) is 0 Å². The molecule has 6 nitrogen and oxygen atoms in total. The Morgan fingerprint density at radius 3 is 2.71 bits per heavy atom. The lowest BCUT2D eigenvalue weighted by molar-refractivity contribution is -0.121. The summed E-state index contributed by atoms with van der Waals surface area (Å²) in [4.78, 5) is 14.2. The minimum Gasteiger partial charge on any atom is -0.454 e. The number of hydrogen-bond acceptors (Lipinski definition) is 5. The van der Waals surface area contributed by atoms with Gasteiger partial charge in [-0.2, -0.15) is 0 Å². The van der Waals surface area contributed by atoms with Gasteiger partial charge >= 0.3 is 0 Å². The second-order valence-corrected chi connectivity index (χ2v) is 5.57. The van der Waals surface area contributed by atoms with Crippen LogP contribution < -0.4 is 14.8 Å². The molecule has 0 bridgehead atoms. The maximum Gasteiger partial charge on any atom is 0.238 e. The van der Waals surface area contributed by atoms with Crippen molar-refractivity contribution in [3.63, 3.8) is 0 Å². The van der Waals surface area contributed by atoms with Gasteiger partial charge in [-0.25, -0.2) is 0 Å². The number of carbonyl (C=O) groups excluding carboxylic acids is 1. The summed E-state index contributed by atoms with van der Waals surface area (Å²) in [5, 5.41) is 2.89. The summed E-state index contributed by atoms with van der Waals surface area (Å²) in [6, 6.07) is 5.40. The number of nitrogens with zero attached hydrogens (tertiary/aromatic N) is 1. The Kier molecular flexibility index (Phi) is 3.98. The zero-order chi connectivity index (χ0) is 14.8. The first-order chi connectivity index (χ1) is 10.1. The minimum absolute atomic E-state index is 0.0323. The van der Waals surface area contributed by atoms with E-state index >= 15 is 0 Å². The topological polar surface area (TPSA) is 60.0 Å². The summed E-state index contributed by atoms with van der Waals surface area (Å²) in [7, 11) is 0. The maximum absolute atomic E-state index is 12.1. The van der Waals surface area contributed by atoms with E-state index in [9.17, 15) is 4.79 Å². The molecule has 1 saturated heterocycles. The first-order valence-corrected chi connectivity index (χ1v) is 7.17. The van der Waals surface area contributed by atoms with E-state index in [2.05, 4.69) is 10.2 Å².